The van der Waals surface area contributed by atoms with Crippen LogP contribution in [0.4, 0.5) is 0 Å². The standard InChI is InChI=1S/C22H21ClN2O/c1-17(20-7-9-21(23)10-8-20)24-22(26)16-25-13-11-19(12-14-25)15-18-5-3-2-4-6-18/h2-14,17H,15-16H2,1H3/p+1/t17-/m0/s1. The summed E-state index contributed by atoms with van der Waals surface area (Å²) < 4.78 is 1.89. The highest BCUT2D eigenvalue weighted by atomic mass is 35.5. The molecule has 0 aliphatic carbocycles. The second-order valence-electron chi connectivity index (χ2n) is 6.38. The van der Waals surface area contributed by atoms with Gasteiger partial charge in [0, 0.05) is 17.2 Å². The van der Waals surface area contributed by atoms with Crippen LogP contribution in [0.2, 0.25) is 5.02 Å². The molecule has 0 radical (unpaired) electrons. The van der Waals surface area contributed by atoms with Crippen LogP contribution >= 0.6 is 11.6 Å². The molecule has 0 spiro atoms. The van der Waals surface area contributed by atoms with Gasteiger partial charge in [-0.1, -0.05) is 54.1 Å². The Hall–Kier alpha value is -2.65. The normalized spacial score (nSPS) is 11.8. The maximum atomic E-state index is 12.3. The Kier molecular flexibility index (Phi) is 6.03. The first kappa shape index (κ1) is 18.2. The minimum atomic E-state index is -0.0577. The highest BCUT2D eigenvalue weighted by Crippen LogP contribution is 2.15. The van der Waals surface area contributed by atoms with Crippen molar-refractivity contribution >= 4 is 17.5 Å². The molecule has 0 unspecified atom stereocenters. The Balaban J connectivity index is 1.55. The number of amides is 1. The van der Waals surface area contributed by atoms with Gasteiger partial charge in [0.2, 0.25) is 6.54 Å². The third-order valence-corrected chi connectivity index (χ3v) is 4.54. The summed E-state index contributed by atoms with van der Waals surface area (Å²) in [5.41, 5.74) is 3.54. The van der Waals surface area contributed by atoms with Gasteiger partial charge in [0.1, 0.15) is 0 Å². The molecule has 0 aliphatic heterocycles. The fourth-order valence-electron chi connectivity index (χ4n) is 2.83. The monoisotopic (exact) mass is 365 g/mol. The Labute approximate surface area is 159 Å². The molecule has 3 rings (SSSR count). The zero-order valence-electron chi connectivity index (χ0n) is 14.7. The molecule has 0 saturated carbocycles. The predicted octanol–water partition coefficient (Wildman–Crippen LogP) is 4.10. The van der Waals surface area contributed by atoms with Gasteiger partial charge in [0.15, 0.2) is 12.4 Å². The summed E-state index contributed by atoms with van der Waals surface area (Å²) in [7, 11) is 0. The van der Waals surface area contributed by atoms with Crippen molar-refractivity contribution in [3.8, 4) is 0 Å². The molecule has 1 amide bonds. The zero-order chi connectivity index (χ0) is 18.4. The molecule has 2 aromatic carbocycles. The van der Waals surface area contributed by atoms with E-state index in [2.05, 4.69) is 29.6 Å². The van der Waals surface area contributed by atoms with E-state index in [1.807, 2.05) is 66.3 Å². The number of nitrogens with one attached hydrogen (secondary N) is 1. The molecule has 132 valence electrons. The lowest BCUT2D eigenvalue weighted by atomic mass is 10.1. The lowest BCUT2D eigenvalue weighted by molar-refractivity contribution is -0.684. The van der Waals surface area contributed by atoms with Crippen LogP contribution in [0, 0.1) is 0 Å². The second kappa shape index (κ2) is 8.63. The van der Waals surface area contributed by atoms with Crippen LogP contribution in [-0.4, -0.2) is 5.91 Å². The van der Waals surface area contributed by atoms with Gasteiger partial charge >= 0.3 is 0 Å². The van der Waals surface area contributed by atoms with E-state index in [0.29, 0.717) is 11.6 Å². The molecule has 1 atom stereocenters. The van der Waals surface area contributed by atoms with E-state index >= 15 is 0 Å². The lowest BCUT2D eigenvalue weighted by Gasteiger charge is -2.13. The van der Waals surface area contributed by atoms with Crippen LogP contribution in [0.1, 0.15) is 29.7 Å². The molecule has 26 heavy (non-hydrogen) atoms. The van der Waals surface area contributed by atoms with Gasteiger partial charge in [-0.15, -0.1) is 0 Å². The number of carbonyl (C=O) groups excluding carboxylic acids is 1. The van der Waals surface area contributed by atoms with Gasteiger partial charge in [0.25, 0.3) is 5.91 Å². The van der Waals surface area contributed by atoms with Gasteiger partial charge in [-0.05, 0) is 42.2 Å². The number of carbonyl (C=O) groups is 1. The molecule has 3 nitrogen and oxygen atoms in total. The van der Waals surface area contributed by atoms with E-state index in [0.717, 1.165) is 12.0 Å². The van der Waals surface area contributed by atoms with Crippen molar-refractivity contribution in [1.29, 1.82) is 0 Å². The highest BCUT2D eigenvalue weighted by Gasteiger charge is 2.13. The smallest absolute Gasteiger partial charge is 0.286 e. The molecular formula is C22H22ClN2O+. The van der Waals surface area contributed by atoms with Crippen LogP contribution < -0.4 is 9.88 Å². The Bertz CT molecular complexity index is 846. The maximum Gasteiger partial charge on any atom is 0.286 e. The first-order valence-corrected chi connectivity index (χ1v) is 9.05. The van der Waals surface area contributed by atoms with Gasteiger partial charge < -0.3 is 5.32 Å². The lowest BCUT2D eigenvalue weighted by Crippen LogP contribution is -2.43. The van der Waals surface area contributed by atoms with E-state index < -0.39 is 0 Å². The first-order valence-electron chi connectivity index (χ1n) is 8.67. The number of hydrogen-bond acceptors (Lipinski definition) is 1. The van der Waals surface area contributed by atoms with Crippen LogP contribution in [0.3, 0.4) is 0 Å². The molecule has 1 aromatic heterocycles. The van der Waals surface area contributed by atoms with E-state index in [1.54, 1.807) is 0 Å². The molecule has 0 fully saturated rings. The molecular weight excluding hydrogens is 344 g/mol. The van der Waals surface area contributed by atoms with Gasteiger partial charge in [-0.2, -0.15) is 4.57 Å². The SMILES string of the molecule is C[C@H](NC(=O)C[n+]1ccc(Cc2ccccc2)cc1)c1ccc(Cl)cc1. The van der Waals surface area contributed by atoms with Crippen molar-refractivity contribution in [2.45, 2.75) is 25.9 Å². The number of rotatable bonds is 6. The summed E-state index contributed by atoms with van der Waals surface area (Å²) in [5, 5.41) is 3.71. The first-order chi connectivity index (χ1) is 12.6. The molecule has 1 heterocycles. The van der Waals surface area contributed by atoms with Crippen LogP contribution in [0.25, 0.3) is 0 Å². The van der Waals surface area contributed by atoms with Crippen LogP contribution in [0.5, 0.6) is 0 Å². The molecule has 0 bridgehead atoms. The largest absolute Gasteiger partial charge is 0.344 e. The van der Waals surface area contributed by atoms with Crippen LogP contribution in [-0.2, 0) is 17.8 Å². The van der Waals surface area contributed by atoms with Crippen molar-refractivity contribution in [3.05, 3.63) is 101 Å². The topological polar surface area (TPSA) is 33.0 Å². The summed E-state index contributed by atoms with van der Waals surface area (Å²) in [6, 6.07) is 21.9. The molecule has 1 N–H and O–H groups in total. The Morgan fingerprint density at radius 1 is 0.962 bits per heavy atom. The van der Waals surface area contributed by atoms with Gasteiger partial charge in [-0.3, -0.25) is 4.79 Å². The summed E-state index contributed by atoms with van der Waals surface area (Å²) in [6.45, 7) is 2.26. The summed E-state index contributed by atoms with van der Waals surface area (Å²) in [6.07, 6.45) is 4.79. The fourth-order valence-corrected chi connectivity index (χ4v) is 2.96. The second-order valence-corrected chi connectivity index (χ2v) is 6.82. The third kappa shape index (κ3) is 5.17. The van der Waals surface area contributed by atoms with E-state index in [4.69, 9.17) is 11.6 Å². The number of nitrogens with zero attached hydrogens (tertiary/aromatic N) is 1. The maximum absolute atomic E-state index is 12.3. The minimum Gasteiger partial charge on any atom is -0.344 e. The molecule has 3 aromatic rings. The number of aromatic nitrogens is 1. The van der Waals surface area contributed by atoms with E-state index in [-0.39, 0.29) is 11.9 Å². The van der Waals surface area contributed by atoms with Crippen molar-refractivity contribution in [2.75, 3.05) is 0 Å². The Morgan fingerprint density at radius 2 is 1.58 bits per heavy atom. The highest BCUT2D eigenvalue weighted by molar-refractivity contribution is 6.30. The predicted molar refractivity (Wildman–Crippen MR) is 104 cm³/mol. The van der Waals surface area contributed by atoms with Crippen molar-refractivity contribution in [3.63, 3.8) is 0 Å². The average Bonchev–Trinajstić information content (AvgIpc) is 2.64. The molecule has 0 saturated heterocycles. The summed E-state index contributed by atoms with van der Waals surface area (Å²) in [5.74, 6) is -0.0201. The zero-order valence-corrected chi connectivity index (χ0v) is 15.5. The molecule has 0 aliphatic rings. The number of halogens is 1. The van der Waals surface area contributed by atoms with Gasteiger partial charge in [0.05, 0.1) is 6.04 Å². The van der Waals surface area contributed by atoms with E-state index in [1.165, 1.54) is 11.1 Å². The molecule has 4 heteroatoms. The minimum absolute atomic E-state index is 0.0201. The van der Waals surface area contributed by atoms with Crippen LogP contribution in [0.15, 0.2) is 79.1 Å². The van der Waals surface area contributed by atoms with Crippen molar-refractivity contribution in [1.82, 2.24) is 5.32 Å². The number of hydrogen-bond donors (Lipinski definition) is 1. The number of pyridine rings is 1. The summed E-state index contributed by atoms with van der Waals surface area (Å²) in [4.78, 5) is 12.3. The van der Waals surface area contributed by atoms with E-state index in [9.17, 15) is 4.79 Å². The quantitative estimate of drug-likeness (QED) is 0.655. The summed E-state index contributed by atoms with van der Waals surface area (Å²) >= 11 is 5.90. The Morgan fingerprint density at radius 3 is 2.23 bits per heavy atom. The fraction of sp³-hybridized carbons (Fsp3) is 0.182. The van der Waals surface area contributed by atoms with Crippen molar-refractivity contribution in [2.24, 2.45) is 0 Å². The average molecular weight is 366 g/mol. The number of benzene rings is 2. The van der Waals surface area contributed by atoms with Crippen molar-refractivity contribution < 1.29 is 9.36 Å². The third-order valence-electron chi connectivity index (χ3n) is 4.28. The van der Waals surface area contributed by atoms with Gasteiger partial charge in [-0.25, -0.2) is 0 Å².